The quantitative estimate of drug-likeness (QED) is 0.814. The molecule has 2 unspecified atom stereocenters. The first-order valence-corrected chi connectivity index (χ1v) is 7.20. The number of carbonyl (C=O) groups excluding carboxylic acids is 1. The zero-order valence-corrected chi connectivity index (χ0v) is 11.2. The van der Waals surface area contributed by atoms with Crippen LogP contribution in [0.15, 0.2) is 0 Å². The lowest BCUT2D eigenvalue weighted by atomic mass is 9.85. The van der Waals surface area contributed by atoms with Crippen molar-refractivity contribution < 1.29 is 4.79 Å². The normalized spacial score (nSPS) is 30.9. The molecule has 17 heavy (non-hydrogen) atoms. The third kappa shape index (κ3) is 3.44. The molecule has 0 aromatic rings. The van der Waals surface area contributed by atoms with Gasteiger partial charge in [-0.15, -0.1) is 0 Å². The number of nitrogens with zero attached hydrogens (tertiary/aromatic N) is 1. The molecule has 98 valence electrons. The van der Waals surface area contributed by atoms with E-state index in [1.54, 1.807) is 6.92 Å². The van der Waals surface area contributed by atoms with Crippen LogP contribution in [-0.4, -0.2) is 36.0 Å². The van der Waals surface area contributed by atoms with Crippen molar-refractivity contribution in [3.63, 3.8) is 0 Å². The molecule has 2 fully saturated rings. The Bertz CT molecular complexity index is 263. The summed E-state index contributed by atoms with van der Waals surface area (Å²) < 4.78 is 0. The van der Waals surface area contributed by atoms with Crippen molar-refractivity contribution in [2.75, 3.05) is 13.1 Å². The van der Waals surface area contributed by atoms with Gasteiger partial charge < -0.3 is 5.32 Å². The molecule has 0 radical (unpaired) electrons. The van der Waals surface area contributed by atoms with E-state index < -0.39 is 0 Å². The Kier molecular flexibility index (Phi) is 4.43. The number of likely N-dealkylation sites (tertiary alicyclic amines) is 1. The van der Waals surface area contributed by atoms with Crippen LogP contribution in [0.2, 0.25) is 0 Å². The van der Waals surface area contributed by atoms with Crippen molar-refractivity contribution in [2.45, 2.75) is 64.5 Å². The maximum atomic E-state index is 11.2. The number of piperidine rings is 1. The van der Waals surface area contributed by atoms with Crippen molar-refractivity contribution in [1.82, 2.24) is 10.2 Å². The minimum atomic E-state index is 0.126. The van der Waals surface area contributed by atoms with Crippen molar-refractivity contribution >= 4 is 5.91 Å². The topological polar surface area (TPSA) is 32.3 Å². The predicted molar refractivity (Wildman–Crippen MR) is 69.8 cm³/mol. The zero-order valence-electron chi connectivity index (χ0n) is 11.2. The summed E-state index contributed by atoms with van der Waals surface area (Å²) in [6.07, 6.45) is 7.87. The van der Waals surface area contributed by atoms with Crippen LogP contribution in [0.3, 0.4) is 0 Å². The Hall–Kier alpha value is -0.570. The van der Waals surface area contributed by atoms with Gasteiger partial charge in [0.05, 0.1) is 0 Å². The summed E-state index contributed by atoms with van der Waals surface area (Å²) in [4.78, 5) is 13.8. The van der Waals surface area contributed by atoms with Gasteiger partial charge in [-0.25, -0.2) is 0 Å². The highest BCUT2D eigenvalue weighted by molar-refractivity contribution is 5.73. The summed E-state index contributed by atoms with van der Waals surface area (Å²) >= 11 is 0. The molecule has 2 aliphatic rings. The van der Waals surface area contributed by atoms with E-state index >= 15 is 0 Å². The van der Waals surface area contributed by atoms with E-state index in [2.05, 4.69) is 17.1 Å². The van der Waals surface area contributed by atoms with E-state index in [9.17, 15) is 4.79 Å². The summed E-state index contributed by atoms with van der Waals surface area (Å²) in [5.74, 6) is 0.909. The van der Waals surface area contributed by atoms with Gasteiger partial charge in [-0.1, -0.05) is 19.8 Å². The second kappa shape index (κ2) is 5.85. The van der Waals surface area contributed by atoms with Crippen LogP contribution in [0, 0.1) is 5.92 Å². The highest BCUT2D eigenvalue weighted by Crippen LogP contribution is 2.30. The van der Waals surface area contributed by atoms with Crippen LogP contribution in [0.1, 0.15) is 52.4 Å². The largest absolute Gasteiger partial charge is 0.352 e. The molecular weight excluding hydrogens is 212 g/mol. The Morgan fingerprint density at radius 3 is 2.65 bits per heavy atom. The fourth-order valence-electron chi connectivity index (χ4n) is 3.30. The van der Waals surface area contributed by atoms with Crippen molar-refractivity contribution in [2.24, 2.45) is 5.92 Å². The van der Waals surface area contributed by atoms with E-state index in [-0.39, 0.29) is 5.91 Å². The van der Waals surface area contributed by atoms with Gasteiger partial charge in [-0.2, -0.15) is 0 Å². The lowest BCUT2D eigenvalue weighted by Gasteiger charge is -2.45. The van der Waals surface area contributed by atoms with Gasteiger partial charge in [0.25, 0.3) is 0 Å². The molecule has 1 saturated heterocycles. The molecule has 2 atom stereocenters. The smallest absolute Gasteiger partial charge is 0.217 e. The van der Waals surface area contributed by atoms with Gasteiger partial charge in [0, 0.05) is 32.1 Å². The Morgan fingerprint density at radius 2 is 2.12 bits per heavy atom. The van der Waals surface area contributed by atoms with Crippen LogP contribution in [0.4, 0.5) is 0 Å². The maximum Gasteiger partial charge on any atom is 0.217 e. The summed E-state index contributed by atoms with van der Waals surface area (Å²) in [5.41, 5.74) is 0. The fourth-order valence-corrected chi connectivity index (χ4v) is 3.30. The van der Waals surface area contributed by atoms with Crippen LogP contribution < -0.4 is 5.32 Å². The van der Waals surface area contributed by atoms with Gasteiger partial charge in [0.1, 0.15) is 0 Å². The second-order valence-electron chi connectivity index (χ2n) is 5.83. The number of nitrogens with one attached hydrogen (secondary N) is 1. The van der Waals surface area contributed by atoms with Crippen LogP contribution in [0.5, 0.6) is 0 Å². The van der Waals surface area contributed by atoms with Gasteiger partial charge in [0.2, 0.25) is 5.91 Å². The molecule has 1 saturated carbocycles. The molecule has 1 aliphatic carbocycles. The highest BCUT2D eigenvalue weighted by Gasteiger charge is 2.33. The number of rotatable bonds is 4. The van der Waals surface area contributed by atoms with E-state index in [0.29, 0.717) is 6.04 Å². The number of hydrogen-bond acceptors (Lipinski definition) is 2. The fraction of sp³-hybridized carbons (Fsp3) is 0.929. The van der Waals surface area contributed by atoms with E-state index in [1.807, 2.05) is 0 Å². The Labute approximate surface area is 105 Å². The molecule has 2 rings (SSSR count). The summed E-state index contributed by atoms with van der Waals surface area (Å²) in [6.45, 7) is 6.23. The third-order valence-electron chi connectivity index (χ3n) is 4.26. The second-order valence-corrected chi connectivity index (χ2v) is 5.83. The number of amides is 1. The summed E-state index contributed by atoms with van der Waals surface area (Å²) in [7, 11) is 0. The SMILES string of the molecule is CCCC1CC(NC(C)=O)CN(C2CCC2)C1. The third-order valence-corrected chi connectivity index (χ3v) is 4.26. The maximum absolute atomic E-state index is 11.2. The van der Waals surface area contributed by atoms with Crippen LogP contribution in [0.25, 0.3) is 0 Å². The Balaban J connectivity index is 1.91. The summed E-state index contributed by atoms with van der Waals surface area (Å²) in [5, 5.41) is 3.12. The van der Waals surface area contributed by atoms with Crippen molar-refractivity contribution in [3.8, 4) is 0 Å². The van der Waals surface area contributed by atoms with Crippen LogP contribution in [-0.2, 0) is 4.79 Å². The zero-order chi connectivity index (χ0) is 12.3. The highest BCUT2D eigenvalue weighted by atomic mass is 16.1. The molecule has 3 nitrogen and oxygen atoms in total. The number of hydrogen-bond donors (Lipinski definition) is 1. The Morgan fingerprint density at radius 1 is 1.35 bits per heavy atom. The van der Waals surface area contributed by atoms with E-state index in [4.69, 9.17) is 0 Å². The van der Waals surface area contributed by atoms with E-state index in [1.165, 1.54) is 45.1 Å². The average Bonchev–Trinajstić information content (AvgIpc) is 2.13. The van der Waals surface area contributed by atoms with Gasteiger partial charge in [-0.05, 0) is 31.6 Å². The van der Waals surface area contributed by atoms with Gasteiger partial charge in [-0.3, -0.25) is 9.69 Å². The molecule has 1 amide bonds. The molecule has 3 heteroatoms. The monoisotopic (exact) mass is 238 g/mol. The lowest BCUT2D eigenvalue weighted by molar-refractivity contribution is -0.120. The van der Waals surface area contributed by atoms with Crippen molar-refractivity contribution in [3.05, 3.63) is 0 Å². The minimum Gasteiger partial charge on any atom is -0.352 e. The van der Waals surface area contributed by atoms with E-state index in [0.717, 1.165) is 18.5 Å². The first kappa shape index (κ1) is 12.9. The predicted octanol–water partition coefficient (Wildman–Crippen LogP) is 2.17. The van der Waals surface area contributed by atoms with Gasteiger partial charge in [0.15, 0.2) is 0 Å². The standard InChI is InChI=1S/C14H26N2O/c1-3-5-12-8-13(15-11(2)17)10-16(9-12)14-6-4-7-14/h12-14H,3-10H2,1-2H3,(H,15,17). The molecule has 1 aliphatic heterocycles. The summed E-state index contributed by atoms with van der Waals surface area (Å²) in [6, 6.07) is 1.20. The first-order valence-electron chi connectivity index (χ1n) is 7.20. The molecular formula is C14H26N2O. The lowest BCUT2D eigenvalue weighted by Crippen LogP contribution is -2.55. The molecule has 1 N–H and O–H groups in total. The molecule has 0 bridgehead atoms. The molecule has 0 spiro atoms. The average molecular weight is 238 g/mol. The number of carbonyl (C=O) groups is 1. The molecule has 0 aromatic carbocycles. The molecule has 0 aromatic heterocycles. The van der Waals surface area contributed by atoms with Crippen LogP contribution >= 0.6 is 0 Å². The first-order chi connectivity index (χ1) is 8.19. The molecule has 1 heterocycles. The van der Waals surface area contributed by atoms with Crippen molar-refractivity contribution in [1.29, 1.82) is 0 Å². The van der Waals surface area contributed by atoms with Gasteiger partial charge >= 0.3 is 0 Å². The minimum absolute atomic E-state index is 0.126.